The normalized spacial score (nSPS) is 20.5. The maximum absolute atomic E-state index is 12.6. The van der Waals surface area contributed by atoms with Crippen molar-refractivity contribution < 1.29 is 23.7 Å². The first-order valence-corrected chi connectivity index (χ1v) is 10.4. The second kappa shape index (κ2) is 10.9. The van der Waals surface area contributed by atoms with Crippen LogP contribution in [0.25, 0.3) is 0 Å². The summed E-state index contributed by atoms with van der Waals surface area (Å²) in [5.41, 5.74) is 3.07. The van der Waals surface area contributed by atoms with E-state index >= 15 is 0 Å². The molecule has 160 valence electrons. The van der Waals surface area contributed by atoms with E-state index in [1.807, 2.05) is 91.0 Å². The molecule has 1 aliphatic heterocycles. The number of hydrogen-bond donors (Lipinski definition) is 0. The van der Waals surface area contributed by atoms with Gasteiger partial charge in [0.05, 0.1) is 26.4 Å². The third kappa shape index (κ3) is 6.01. The molecule has 3 aromatic rings. The van der Waals surface area contributed by atoms with Gasteiger partial charge in [0.2, 0.25) is 0 Å². The molecule has 0 unspecified atom stereocenters. The summed E-state index contributed by atoms with van der Waals surface area (Å²) >= 11 is 0. The van der Waals surface area contributed by atoms with E-state index in [9.17, 15) is 4.79 Å². The molecule has 3 atom stereocenters. The van der Waals surface area contributed by atoms with Crippen molar-refractivity contribution in [2.45, 2.75) is 38.1 Å². The molecule has 1 fully saturated rings. The molecule has 3 aromatic carbocycles. The van der Waals surface area contributed by atoms with Gasteiger partial charge in [-0.25, -0.2) is 4.79 Å². The fourth-order valence-electron chi connectivity index (χ4n) is 3.49. The molecular weight excluding hydrogens is 392 g/mol. The first-order chi connectivity index (χ1) is 15.3. The third-order valence-corrected chi connectivity index (χ3v) is 5.12. The van der Waals surface area contributed by atoms with E-state index in [0.29, 0.717) is 19.8 Å². The minimum atomic E-state index is -0.797. The standard InChI is InChI=1S/C26H26O5/c27-26-25(30-18-22-14-8-3-9-15-22)24(29-17-21-12-6-2-7-13-21)23(31-26)19-28-16-20-10-4-1-5-11-20/h1-15,23-25H,16-19H2/t23-,24-,25+/m0/s1. The van der Waals surface area contributed by atoms with Gasteiger partial charge in [-0.3, -0.25) is 0 Å². The Morgan fingerprint density at radius 1 is 0.645 bits per heavy atom. The number of cyclic esters (lactones) is 1. The molecule has 0 aliphatic carbocycles. The summed E-state index contributed by atoms with van der Waals surface area (Å²) in [6, 6.07) is 29.5. The van der Waals surface area contributed by atoms with E-state index < -0.39 is 24.3 Å². The van der Waals surface area contributed by atoms with Crippen LogP contribution in [0.15, 0.2) is 91.0 Å². The molecule has 0 radical (unpaired) electrons. The lowest BCUT2D eigenvalue weighted by atomic mass is 10.1. The van der Waals surface area contributed by atoms with Gasteiger partial charge in [-0.1, -0.05) is 91.0 Å². The summed E-state index contributed by atoms with van der Waals surface area (Å²) in [5, 5.41) is 0. The van der Waals surface area contributed by atoms with Gasteiger partial charge in [0.15, 0.2) is 12.2 Å². The Kier molecular flexibility index (Phi) is 7.45. The Labute approximate surface area is 182 Å². The van der Waals surface area contributed by atoms with Gasteiger partial charge in [0.25, 0.3) is 0 Å². The summed E-state index contributed by atoms with van der Waals surface area (Å²) in [6.45, 7) is 1.35. The molecule has 0 aromatic heterocycles. The van der Waals surface area contributed by atoms with E-state index in [-0.39, 0.29) is 6.61 Å². The molecule has 5 nitrogen and oxygen atoms in total. The zero-order valence-electron chi connectivity index (χ0n) is 17.3. The highest BCUT2D eigenvalue weighted by Crippen LogP contribution is 2.25. The number of hydrogen-bond acceptors (Lipinski definition) is 5. The summed E-state index contributed by atoms with van der Waals surface area (Å²) in [7, 11) is 0. The molecule has 5 heteroatoms. The Hall–Kier alpha value is -2.99. The van der Waals surface area contributed by atoms with Gasteiger partial charge < -0.3 is 18.9 Å². The summed E-state index contributed by atoms with van der Waals surface area (Å²) in [5.74, 6) is -0.415. The van der Waals surface area contributed by atoms with Crippen molar-refractivity contribution in [3.63, 3.8) is 0 Å². The molecule has 0 saturated carbocycles. The van der Waals surface area contributed by atoms with Crippen LogP contribution in [-0.4, -0.2) is 30.9 Å². The second-order valence-electron chi connectivity index (χ2n) is 7.45. The number of benzene rings is 3. The Bertz CT molecular complexity index is 930. The molecule has 0 amide bonds. The molecule has 1 heterocycles. The zero-order valence-corrected chi connectivity index (χ0v) is 17.3. The summed E-state index contributed by atoms with van der Waals surface area (Å²) < 4.78 is 23.5. The van der Waals surface area contributed by atoms with Crippen molar-refractivity contribution >= 4 is 5.97 Å². The molecular formula is C26H26O5. The van der Waals surface area contributed by atoms with Crippen LogP contribution in [0.1, 0.15) is 16.7 Å². The van der Waals surface area contributed by atoms with Gasteiger partial charge in [0.1, 0.15) is 6.10 Å². The van der Waals surface area contributed by atoms with E-state index in [1.165, 1.54) is 0 Å². The third-order valence-electron chi connectivity index (χ3n) is 5.12. The van der Waals surface area contributed by atoms with Gasteiger partial charge in [0, 0.05) is 0 Å². The second-order valence-corrected chi connectivity index (χ2v) is 7.45. The van der Waals surface area contributed by atoms with Crippen LogP contribution in [-0.2, 0) is 43.6 Å². The van der Waals surface area contributed by atoms with Crippen LogP contribution in [0, 0.1) is 0 Å². The summed E-state index contributed by atoms with van der Waals surface area (Å²) in [6.07, 6.45) is -1.87. The minimum Gasteiger partial charge on any atom is -0.455 e. The van der Waals surface area contributed by atoms with Crippen molar-refractivity contribution in [1.82, 2.24) is 0 Å². The molecule has 4 rings (SSSR count). The highest BCUT2D eigenvalue weighted by atomic mass is 16.6. The molecule has 0 bridgehead atoms. The van der Waals surface area contributed by atoms with Gasteiger partial charge in [-0.2, -0.15) is 0 Å². The molecule has 0 N–H and O–H groups in total. The lowest BCUT2D eigenvalue weighted by molar-refractivity contribution is -0.152. The van der Waals surface area contributed by atoms with Crippen LogP contribution in [0.2, 0.25) is 0 Å². The lowest BCUT2D eigenvalue weighted by Gasteiger charge is -2.22. The monoisotopic (exact) mass is 418 g/mol. The lowest BCUT2D eigenvalue weighted by Crippen LogP contribution is -2.38. The molecule has 1 saturated heterocycles. The number of carbonyl (C=O) groups excluding carboxylic acids is 1. The summed E-state index contributed by atoms with van der Waals surface area (Å²) in [4.78, 5) is 12.6. The molecule has 0 spiro atoms. The fraction of sp³-hybridized carbons (Fsp3) is 0.269. The minimum absolute atomic E-state index is 0.241. The van der Waals surface area contributed by atoms with Crippen LogP contribution in [0.4, 0.5) is 0 Å². The average Bonchev–Trinajstić information content (AvgIpc) is 3.12. The number of esters is 1. The number of ether oxygens (including phenoxy) is 4. The van der Waals surface area contributed by atoms with E-state index in [0.717, 1.165) is 16.7 Å². The van der Waals surface area contributed by atoms with Crippen molar-refractivity contribution in [3.8, 4) is 0 Å². The van der Waals surface area contributed by atoms with Gasteiger partial charge in [-0.05, 0) is 16.7 Å². The van der Waals surface area contributed by atoms with E-state index in [4.69, 9.17) is 18.9 Å². The van der Waals surface area contributed by atoms with Gasteiger partial charge in [-0.15, -0.1) is 0 Å². The predicted molar refractivity (Wildman–Crippen MR) is 116 cm³/mol. The van der Waals surface area contributed by atoms with E-state index in [1.54, 1.807) is 0 Å². The topological polar surface area (TPSA) is 54.0 Å². The Balaban J connectivity index is 1.40. The van der Waals surface area contributed by atoms with Crippen molar-refractivity contribution in [3.05, 3.63) is 108 Å². The van der Waals surface area contributed by atoms with Crippen molar-refractivity contribution in [2.24, 2.45) is 0 Å². The Morgan fingerprint density at radius 2 is 1.13 bits per heavy atom. The maximum Gasteiger partial charge on any atom is 0.338 e. The first-order valence-electron chi connectivity index (χ1n) is 10.4. The molecule has 31 heavy (non-hydrogen) atoms. The van der Waals surface area contributed by atoms with E-state index in [2.05, 4.69) is 0 Å². The number of rotatable bonds is 10. The zero-order chi connectivity index (χ0) is 21.3. The highest BCUT2D eigenvalue weighted by Gasteiger charge is 2.46. The van der Waals surface area contributed by atoms with Crippen LogP contribution in [0.3, 0.4) is 0 Å². The Morgan fingerprint density at radius 3 is 1.68 bits per heavy atom. The first kappa shape index (κ1) is 21.2. The SMILES string of the molecule is O=C1O[C@@H](COCc2ccccc2)[C@H](OCc2ccccc2)[C@H]1OCc1ccccc1. The highest BCUT2D eigenvalue weighted by molar-refractivity contribution is 5.78. The van der Waals surface area contributed by atoms with Crippen LogP contribution >= 0.6 is 0 Å². The maximum atomic E-state index is 12.6. The van der Waals surface area contributed by atoms with Crippen molar-refractivity contribution in [2.75, 3.05) is 6.61 Å². The quantitative estimate of drug-likeness (QED) is 0.460. The average molecular weight is 418 g/mol. The van der Waals surface area contributed by atoms with Gasteiger partial charge >= 0.3 is 5.97 Å². The largest absolute Gasteiger partial charge is 0.455 e. The number of carbonyl (C=O) groups is 1. The fourth-order valence-corrected chi connectivity index (χ4v) is 3.49. The molecule has 1 aliphatic rings. The van der Waals surface area contributed by atoms with Crippen LogP contribution < -0.4 is 0 Å². The van der Waals surface area contributed by atoms with Crippen LogP contribution in [0.5, 0.6) is 0 Å². The smallest absolute Gasteiger partial charge is 0.338 e. The van der Waals surface area contributed by atoms with Crippen molar-refractivity contribution in [1.29, 1.82) is 0 Å². The predicted octanol–water partition coefficient (Wildman–Crippen LogP) is 4.30.